The van der Waals surface area contributed by atoms with E-state index in [0.29, 0.717) is 25.7 Å². The first-order valence-corrected chi connectivity index (χ1v) is 42.3. The van der Waals surface area contributed by atoms with Gasteiger partial charge >= 0.3 is 39.5 Å². The Kier molecular flexibility index (Phi) is 66.6. The van der Waals surface area contributed by atoms with E-state index in [2.05, 4.69) is 65.8 Å². The first kappa shape index (κ1) is 93.5. The molecule has 0 aromatic heterocycles. The maximum Gasteiger partial charge on any atom is 0.472 e. The molecule has 6 atom stereocenters. The minimum absolute atomic E-state index is 0.101. The molecular weight excluding hydrogens is 1260 g/mol. The zero-order valence-electron chi connectivity index (χ0n) is 62.2. The normalized spacial score (nSPS) is 14.4. The topological polar surface area (TPSA) is 237 Å². The summed E-state index contributed by atoms with van der Waals surface area (Å²) in [5, 5.41) is 10.6. The molecule has 0 rings (SSSR count). The third kappa shape index (κ3) is 68.7. The zero-order chi connectivity index (χ0) is 70.7. The van der Waals surface area contributed by atoms with Gasteiger partial charge < -0.3 is 33.8 Å². The molecule has 0 aromatic carbocycles. The summed E-state index contributed by atoms with van der Waals surface area (Å²) in [5.74, 6) is -0.547. The summed E-state index contributed by atoms with van der Waals surface area (Å²) in [4.78, 5) is 72.6. The first-order chi connectivity index (χ1) is 46.4. The molecule has 0 saturated heterocycles. The number of carbonyl (C=O) groups is 4. The van der Waals surface area contributed by atoms with Crippen LogP contribution in [0.25, 0.3) is 0 Å². The lowest BCUT2D eigenvalue weighted by molar-refractivity contribution is -0.161. The van der Waals surface area contributed by atoms with Gasteiger partial charge in [-0.3, -0.25) is 37.3 Å². The molecule has 0 bridgehead atoms. The molecule has 0 heterocycles. The second-order valence-electron chi connectivity index (χ2n) is 27.8. The summed E-state index contributed by atoms with van der Waals surface area (Å²) in [6.07, 6.45) is 59.3. The number of ether oxygens (including phenoxy) is 4. The Morgan fingerprint density at radius 3 is 0.938 bits per heavy atom. The number of aliphatic hydroxyl groups is 1. The fourth-order valence-electron chi connectivity index (χ4n) is 11.3. The van der Waals surface area contributed by atoms with E-state index in [4.69, 9.17) is 37.0 Å². The van der Waals surface area contributed by atoms with E-state index in [-0.39, 0.29) is 25.7 Å². The molecule has 0 amide bonds. The standard InChI is InChI=1S/C77H146O17P2/c1-7-10-12-14-16-17-18-19-24-28-31-36-42-48-54-60-75(80)88-66-73(94-76(81)61-55-49-43-37-32-29-26-23-21-20-22-25-27-30-35-41-46-52-58-70(6)9-3)68-92-96(85,86)90-64-71(78)63-89-95(83,84)91-67-72(65-87-74(79)59-53-47-39-15-13-11-8-2)93-77(82)62-56-50-44-38-33-34-40-45-51-57-69(4)5/h17-19,24,69-73,78H,7-16,20-23,25-68H2,1-6H3,(H,83,84)(H,85,86)/b18-17-,24-19-/t70?,71-,72+,73+/m0/s1. The number of phosphoric acid groups is 2. The Morgan fingerprint density at radius 2 is 0.615 bits per heavy atom. The highest BCUT2D eigenvalue weighted by Crippen LogP contribution is 2.45. The smallest absolute Gasteiger partial charge is 0.462 e. The molecule has 566 valence electrons. The molecule has 0 saturated carbocycles. The lowest BCUT2D eigenvalue weighted by Gasteiger charge is -2.21. The van der Waals surface area contributed by atoms with Crippen LogP contribution >= 0.6 is 15.6 Å². The highest BCUT2D eigenvalue weighted by Gasteiger charge is 2.30. The van der Waals surface area contributed by atoms with Crippen molar-refractivity contribution in [2.45, 2.75) is 394 Å². The fraction of sp³-hybridized carbons (Fsp3) is 0.896. The monoisotopic (exact) mass is 1410 g/mol. The summed E-state index contributed by atoms with van der Waals surface area (Å²) in [7, 11) is -9.92. The van der Waals surface area contributed by atoms with Crippen molar-refractivity contribution in [3.05, 3.63) is 24.3 Å². The van der Waals surface area contributed by atoms with Crippen LogP contribution in [0.5, 0.6) is 0 Å². The van der Waals surface area contributed by atoms with Crippen LogP contribution in [0.4, 0.5) is 0 Å². The van der Waals surface area contributed by atoms with Gasteiger partial charge in [-0.1, -0.05) is 323 Å². The molecule has 19 heteroatoms. The lowest BCUT2D eigenvalue weighted by atomic mass is 9.99. The number of hydrogen-bond donors (Lipinski definition) is 3. The minimum Gasteiger partial charge on any atom is -0.462 e. The van der Waals surface area contributed by atoms with Gasteiger partial charge in [0.2, 0.25) is 0 Å². The number of hydrogen-bond acceptors (Lipinski definition) is 15. The van der Waals surface area contributed by atoms with Gasteiger partial charge in [-0.25, -0.2) is 9.13 Å². The molecule has 3 N–H and O–H groups in total. The molecule has 0 aromatic rings. The van der Waals surface area contributed by atoms with Crippen LogP contribution in [0.15, 0.2) is 24.3 Å². The van der Waals surface area contributed by atoms with E-state index in [0.717, 1.165) is 134 Å². The van der Waals surface area contributed by atoms with Crippen LogP contribution in [0, 0.1) is 11.8 Å². The van der Waals surface area contributed by atoms with Crippen molar-refractivity contribution >= 4 is 39.5 Å². The van der Waals surface area contributed by atoms with Gasteiger partial charge in [0.05, 0.1) is 26.4 Å². The van der Waals surface area contributed by atoms with Gasteiger partial charge in [-0.15, -0.1) is 0 Å². The van der Waals surface area contributed by atoms with Crippen molar-refractivity contribution in [2.24, 2.45) is 11.8 Å². The third-order valence-corrected chi connectivity index (χ3v) is 19.6. The Morgan fingerprint density at radius 1 is 0.344 bits per heavy atom. The largest absolute Gasteiger partial charge is 0.472 e. The van der Waals surface area contributed by atoms with E-state index in [9.17, 15) is 43.2 Å². The second kappa shape index (κ2) is 68.3. The molecule has 0 spiro atoms. The van der Waals surface area contributed by atoms with Crippen molar-refractivity contribution in [1.82, 2.24) is 0 Å². The van der Waals surface area contributed by atoms with Gasteiger partial charge in [-0.2, -0.15) is 0 Å². The molecule has 0 aliphatic rings. The van der Waals surface area contributed by atoms with Crippen molar-refractivity contribution in [1.29, 1.82) is 0 Å². The number of phosphoric ester groups is 2. The maximum atomic E-state index is 13.1. The number of esters is 4. The molecule has 0 aliphatic carbocycles. The van der Waals surface area contributed by atoms with E-state index < -0.39 is 97.5 Å². The Balaban J connectivity index is 5.19. The minimum atomic E-state index is -4.96. The lowest BCUT2D eigenvalue weighted by Crippen LogP contribution is -2.30. The van der Waals surface area contributed by atoms with Crippen LogP contribution in [0.2, 0.25) is 0 Å². The highest BCUT2D eigenvalue weighted by molar-refractivity contribution is 7.47. The zero-order valence-corrected chi connectivity index (χ0v) is 63.9. The summed E-state index contributed by atoms with van der Waals surface area (Å²) in [6.45, 7) is 9.53. The van der Waals surface area contributed by atoms with E-state index in [1.807, 2.05) is 0 Å². The number of aliphatic hydroxyl groups excluding tert-OH is 1. The molecule has 17 nitrogen and oxygen atoms in total. The molecule has 0 radical (unpaired) electrons. The average Bonchev–Trinajstić information content (AvgIpc) is 1.24. The summed E-state index contributed by atoms with van der Waals surface area (Å²) in [5.41, 5.74) is 0. The molecule has 0 aliphatic heterocycles. The second-order valence-corrected chi connectivity index (χ2v) is 30.7. The van der Waals surface area contributed by atoms with Crippen molar-refractivity contribution < 1.29 is 80.2 Å². The highest BCUT2D eigenvalue weighted by atomic mass is 31.2. The quantitative estimate of drug-likeness (QED) is 0.0169. The van der Waals surface area contributed by atoms with Gasteiger partial charge in [0.15, 0.2) is 12.2 Å². The number of unbranched alkanes of at least 4 members (excludes halogenated alkanes) is 40. The molecule has 96 heavy (non-hydrogen) atoms. The van der Waals surface area contributed by atoms with E-state index in [1.54, 1.807) is 0 Å². The van der Waals surface area contributed by atoms with Crippen LogP contribution in [0.3, 0.4) is 0 Å². The van der Waals surface area contributed by atoms with Gasteiger partial charge in [-0.05, 0) is 63.2 Å². The van der Waals surface area contributed by atoms with E-state index in [1.165, 1.54) is 161 Å². The fourth-order valence-corrected chi connectivity index (χ4v) is 12.8. The van der Waals surface area contributed by atoms with Crippen molar-refractivity contribution in [3.63, 3.8) is 0 Å². The molecule has 3 unspecified atom stereocenters. The number of allylic oxidation sites excluding steroid dienone is 4. The average molecular weight is 1410 g/mol. The molecular formula is C77H146O17P2. The number of rotatable bonds is 74. The Labute approximate surface area is 586 Å². The van der Waals surface area contributed by atoms with Crippen molar-refractivity contribution in [2.75, 3.05) is 39.6 Å². The SMILES string of the molecule is CCCCCC/C=C\C=C/CCCCCCCC(=O)OC[C@H](COP(=O)(O)OC[C@@H](O)COP(=O)(O)OC[C@@H](COC(=O)CCCCCCCCC)OC(=O)CCCCCCCCCCCC(C)C)OC(=O)CCCCCCCCCCCCCCCCCCCCC(C)CC. The van der Waals surface area contributed by atoms with Crippen LogP contribution in [-0.2, 0) is 65.4 Å². The summed E-state index contributed by atoms with van der Waals surface area (Å²) < 4.78 is 68.4. The van der Waals surface area contributed by atoms with Crippen LogP contribution < -0.4 is 0 Å². The maximum absolute atomic E-state index is 13.1. The van der Waals surface area contributed by atoms with Crippen LogP contribution in [0.1, 0.15) is 375 Å². The van der Waals surface area contributed by atoms with Gasteiger partial charge in [0.25, 0.3) is 0 Å². The first-order valence-electron chi connectivity index (χ1n) is 39.3. The van der Waals surface area contributed by atoms with E-state index >= 15 is 0 Å². The van der Waals surface area contributed by atoms with Gasteiger partial charge in [0.1, 0.15) is 19.3 Å². The molecule has 0 fully saturated rings. The predicted molar refractivity (Wildman–Crippen MR) is 391 cm³/mol. The van der Waals surface area contributed by atoms with Crippen molar-refractivity contribution in [3.8, 4) is 0 Å². The summed E-state index contributed by atoms with van der Waals surface area (Å²) in [6, 6.07) is 0. The van der Waals surface area contributed by atoms with Crippen LogP contribution in [-0.4, -0.2) is 96.7 Å². The predicted octanol–water partition coefficient (Wildman–Crippen LogP) is 22.3. The number of carbonyl (C=O) groups excluding carboxylic acids is 4. The van der Waals surface area contributed by atoms with Gasteiger partial charge in [0, 0.05) is 25.7 Å². The summed E-state index contributed by atoms with van der Waals surface area (Å²) >= 11 is 0. The Hall–Kier alpha value is -2.46. The third-order valence-electron chi connectivity index (χ3n) is 17.7. The Bertz CT molecular complexity index is 1950.